The van der Waals surface area contributed by atoms with Gasteiger partial charge in [0.15, 0.2) is 16.1 Å². The van der Waals surface area contributed by atoms with Crippen molar-refractivity contribution in [2.75, 3.05) is 0 Å². The number of hydrogen-bond acceptors (Lipinski definition) is 2. The van der Waals surface area contributed by atoms with E-state index in [0.717, 1.165) is 46.9 Å². The highest BCUT2D eigenvalue weighted by molar-refractivity contribution is 7.71. The van der Waals surface area contributed by atoms with E-state index in [1.165, 1.54) is 102 Å². The minimum absolute atomic E-state index is 0.231. The van der Waals surface area contributed by atoms with Crippen LogP contribution in [0, 0.1) is 16.4 Å². The average Bonchev–Trinajstić information content (AvgIpc) is 2.94. The predicted octanol–water partition coefficient (Wildman–Crippen LogP) is 12.4. The Bertz CT molecular complexity index is 1200. The molecule has 4 rings (SSSR count). The van der Waals surface area contributed by atoms with Gasteiger partial charge in [-0.25, -0.2) is 4.39 Å². The van der Waals surface area contributed by atoms with Crippen LogP contribution in [-0.4, -0.2) is 0 Å². The third-order valence-corrected chi connectivity index (χ3v) is 9.31. The first-order chi connectivity index (χ1) is 18.6. The van der Waals surface area contributed by atoms with Crippen molar-refractivity contribution in [3.63, 3.8) is 0 Å². The molecule has 3 aromatic rings. The summed E-state index contributed by atoms with van der Waals surface area (Å²) in [7, 11) is 0. The molecule has 2 aromatic carbocycles. The van der Waals surface area contributed by atoms with Gasteiger partial charge in [0.25, 0.3) is 0 Å². The molecule has 3 heteroatoms. The fourth-order valence-electron chi connectivity index (χ4n) is 6.56. The fourth-order valence-corrected chi connectivity index (χ4v) is 6.81. The number of aryl methyl sites for hydroxylation is 1. The molecular weight excluding hydrogens is 487 g/mol. The average molecular weight is 537 g/mol. The monoisotopic (exact) mass is 536 g/mol. The second-order valence-electron chi connectivity index (χ2n) is 11.9. The molecule has 1 nitrogen and oxygen atoms in total. The van der Waals surface area contributed by atoms with Gasteiger partial charge in [-0.3, -0.25) is 0 Å². The van der Waals surface area contributed by atoms with Crippen molar-refractivity contribution in [3.8, 4) is 0 Å². The first kappa shape index (κ1) is 29.2. The molecule has 0 aliphatic heterocycles. The molecule has 1 saturated carbocycles. The van der Waals surface area contributed by atoms with Crippen LogP contribution in [0.15, 0.2) is 34.7 Å². The van der Waals surface area contributed by atoms with Crippen molar-refractivity contribution in [3.05, 3.63) is 52.0 Å². The summed E-state index contributed by atoms with van der Waals surface area (Å²) in [6.07, 6.45) is 23.2. The van der Waals surface area contributed by atoms with Gasteiger partial charge in [0.2, 0.25) is 0 Å². The van der Waals surface area contributed by atoms with E-state index in [1.54, 1.807) is 0 Å². The number of unbranched alkanes of at least 4 members (excludes halogenated alkanes) is 10. The molecule has 0 bridgehead atoms. The van der Waals surface area contributed by atoms with E-state index in [1.807, 2.05) is 12.1 Å². The lowest BCUT2D eigenvalue weighted by Crippen LogP contribution is -2.13. The van der Waals surface area contributed by atoms with Crippen LogP contribution in [-0.2, 0) is 6.42 Å². The zero-order chi connectivity index (χ0) is 26.7. The Hall–Kier alpha value is -1.74. The maximum Gasteiger partial charge on any atom is 0.198 e. The molecule has 1 heterocycles. The SMILES string of the molecule is CCCCCCCCCCC1CCC(c2ccc3c(c2)c(=S)oc2c(F)c(CCCCCC)ccc23)CC1. The standard InChI is InChI=1S/C35H49FOS/c1-3-5-7-9-10-11-12-13-15-26-17-19-27(20-18-26)29-22-23-30-31-24-21-28(16-14-8-6-4-2)33(36)34(31)37-35(38)32(30)25-29/h21-27H,3-20H2,1-2H3. The Morgan fingerprint density at radius 3 is 2.08 bits per heavy atom. The van der Waals surface area contributed by atoms with Crippen molar-refractivity contribution in [1.29, 1.82) is 0 Å². The molecule has 1 fully saturated rings. The van der Waals surface area contributed by atoms with Gasteiger partial charge in [-0.15, -0.1) is 0 Å². The maximum absolute atomic E-state index is 15.3. The minimum atomic E-state index is -0.231. The van der Waals surface area contributed by atoms with Gasteiger partial charge in [-0.2, -0.15) is 0 Å². The molecule has 0 saturated heterocycles. The van der Waals surface area contributed by atoms with Crippen LogP contribution in [0.25, 0.3) is 21.7 Å². The van der Waals surface area contributed by atoms with Crippen LogP contribution < -0.4 is 0 Å². The summed E-state index contributed by atoms with van der Waals surface area (Å²) in [6.45, 7) is 4.48. The van der Waals surface area contributed by atoms with Crippen LogP contribution in [0.4, 0.5) is 4.39 Å². The Kier molecular flexibility index (Phi) is 11.7. The number of halogens is 1. The minimum Gasteiger partial charge on any atom is -0.441 e. The quantitative estimate of drug-likeness (QED) is 0.109. The summed E-state index contributed by atoms with van der Waals surface area (Å²) in [5.41, 5.74) is 2.44. The molecule has 0 spiro atoms. The third-order valence-electron chi connectivity index (χ3n) is 9.01. The first-order valence-corrected chi connectivity index (χ1v) is 16.2. The highest BCUT2D eigenvalue weighted by atomic mass is 32.1. The van der Waals surface area contributed by atoms with Crippen LogP contribution in [0.3, 0.4) is 0 Å². The molecule has 0 amide bonds. The van der Waals surface area contributed by atoms with E-state index in [4.69, 9.17) is 16.6 Å². The molecular formula is C35H49FOS. The smallest absolute Gasteiger partial charge is 0.198 e. The maximum atomic E-state index is 15.3. The lowest BCUT2D eigenvalue weighted by molar-refractivity contribution is 0.302. The van der Waals surface area contributed by atoms with Crippen LogP contribution in [0.1, 0.15) is 140 Å². The van der Waals surface area contributed by atoms with Crippen LogP contribution in [0.5, 0.6) is 0 Å². The van der Waals surface area contributed by atoms with Crippen LogP contribution in [0.2, 0.25) is 0 Å². The third kappa shape index (κ3) is 7.68. The van der Waals surface area contributed by atoms with Crippen molar-refractivity contribution >= 4 is 34.0 Å². The van der Waals surface area contributed by atoms with E-state index in [9.17, 15) is 0 Å². The Morgan fingerprint density at radius 1 is 0.737 bits per heavy atom. The van der Waals surface area contributed by atoms with Gasteiger partial charge >= 0.3 is 0 Å². The fraction of sp³-hybridized carbons (Fsp3) is 0.629. The summed E-state index contributed by atoms with van der Waals surface area (Å²) < 4.78 is 21.7. The highest BCUT2D eigenvalue weighted by Gasteiger charge is 2.23. The van der Waals surface area contributed by atoms with Crippen molar-refractivity contribution < 1.29 is 8.81 Å². The molecule has 208 valence electrons. The zero-order valence-electron chi connectivity index (χ0n) is 24.0. The molecule has 1 aromatic heterocycles. The topological polar surface area (TPSA) is 13.1 Å². The van der Waals surface area contributed by atoms with Crippen molar-refractivity contribution in [2.45, 2.75) is 135 Å². The van der Waals surface area contributed by atoms with Crippen molar-refractivity contribution in [2.24, 2.45) is 5.92 Å². The summed E-state index contributed by atoms with van der Waals surface area (Å²) in [5.74, 6) is 1.27. The predicted molar refractivity (Wildman–Crippen MR) is 164 cm³/mol. The van der Waals surface area contributed by atoms with E-state index in [-0.39, 0.29) is 5.82 Å². The van der Waals surface area contributed by atoms with Gasteiger partial charge in [0.1, 0.15) is 0 Å². The van der Waals surface area contributed by atoms with E-state index in [0.29, 0.717) is 16.2 Å². The van der Waals surface area contributed by atoms with Crippen LogP contribution >= 0.6 is 12.2 Å². The highest BCUT2D eigenvalue weighted by Crippen LogP contribution is 2.40. The molecule has 38 heavy (non-hydrogen) atoms. The van der Waals surface area contributed by atoms with Gasteiger partial charge in [-0.1, -0.05) is 115 Å². The Morgan fingerprint density at radius 2 is 1.37 bits per heavy atom. The van der Waals surface area contributed by atoms with E-state index >= 15 is 4.39 Å². The molecule has 0 unspecified atom stereocenters. The normalized spacial score (nSPS) is 18.0. The number of fused-ring (bicyclic) bond motifs is 3. The zero-order valence-corrected chi connectivity index (χ0v) is 24.8. The van der Waals surface area contributed by atoms with Gasteiger partial charge in [-0.05, 0) is 85.2 Å². The second-order valence-corrected chi connectivity index (χ2v) is 12.3. The Labute approximate surface area is 235 Å². The lowest BCUT2D eigenvalue weighted by atomic mass is 9.76. The number of hydrogen-bond donors (Lipinski definition) is 0. The van der Waals surface area contributed by atoms with Gasteiger partial charge < -0.3 is 4.42 Å². The van der Waals surface area contributed by atoms with Gasteiger partial charge in [0, 0.05) is 10.8 Å². The number of benzene rings is 2. The van der Waals surface area contributed by atoms with E-state index in [2.05, 4.69) is 32.0 Å². The first-order valence-electron chi connectivity index (χ1n) is 15.8. The summed E-state index contributed by atoms with van der Waals surface area (Å²) >= 11 is 5.65. The molecule has 1 aliphatic rings. The molecule has 0 atom stereocenters. The number of rotatable bonds is 15. The molecule has 0 radical (unpaired) electrons. The lowest BCUT2D eigenvalue weighted by Gasteiger charge is -2.29. The molecule has 0 N–H and O–H groups in total. The molecule has 1 aliphatic carbocycles. The van der Waals surface area contributed by atoms with Gasteiger partial charge in [0.05, 0.1) is 0 Å². The van der Waals surface area contributed by atoms with E-state index < -0.39 is 0 Å². The summed E-state index contributed by atoms with van der Waals surface area (Å²) in [5, 5.41) is 2.81. The summed E-state index contributed by atoms with van der Waals surface area (Å²) in [6, 6.07) is 10.6. The Balaban J connectivity index is 1.34. The van der Waals surface area contributed by atoms with Crippen molar-refractivity contribution in [1.82, 2.24) is 0 Å². The largest absolute Gasteiger partial charge is 0.441 e. The summed E-state index contributed by atoms with van der Waals surface area (Å²) in [4.78, 5) is 0. The second kappa shape index (κ2) is 15.2.